The molecule has 1 saturated heterocycles. The van der Waals surface area contributed by atoms with Crippen LogP contribution in [0.25, 0.3) is 0 Å². The Hall–Kier alpha value is -1.77. The van der Waals surface area contributed by atoms with Crippen molar-refractivity contribution < 1.29 is 31.1 Å². The number of alkyl halides is 6. The Labute approximate surface area is 170 Å². The van der Waals surface area contributed by atoms with Gasteiger partial charge in [0.15, 0.2) is 6.10 Å². The zero-order valence-corrected chi connectivity index (χ0v) is 16.0. The fourth-order valence-electron chi connectivity index (χ4n) is 3.59. The highest BCUT2D eigenvalue weighted by Crippen LogP contribution is 2.48. The van der Waals surface area contributed by atoms with Crippen LogP contribution >= 0.6 is 12.4 Å². The van der Waals surface area contributed by atoms with Crippen molar-refractivity contribution in [3.63, 3.8) is 0 Å². The van der Waals surface area contributed by atoms with E-state index in [0.717, 1.165) is 6.07 Å². The summed E-state index contributed by atoms with van der Waals surface area (Å²) in [6.07, 6.45) is -11.8. The molecule has 1 atom stereocenters. The summed E-state index contributed by atoms with van der Waals surface area (Å²) in [4.78, 5) is 0. The Morgan fingerprint density at radius 3 is 1.93 bits per heavy atom. The summed E-state index contributed by atoms with van der Waals surface area (Å²) in [5.41, 5.74) is -3.06. The Morgan fingerprint density at radius 2 is 1.38 bits per heavy atom. The molecule has 2 aromatic rings. The van der Waals surface area contributed by atoms with E-state index in [1.54, 1.807) is 6.07 Å². The maximum absolute atomic E-state index is 13.8. The summed E-state index contributed by atoms with van der Waals surface area (Å²) in [5, 5.41) is 2.98. The molecule has 1 heterocycles. The number of hydrogen-bond acceptors (Lipinski definition) is 2. The van der Waals surface area contributed by atoms with E-state index < -0.39 is 29.6 Å². The van der Waals surface area contributed by atoms with Crippen LogP contribution in [-0.4, -0.2) is 19.3 Å². The second-order valence-electron chi connectivity index (χ2n) is 6.74. The lowest BCUT2D eigenvalue weighted by molar-refractivity contribution is -0.265. The average Bonchev–Trinajstić information content (AvgIpc) is 2.66. The van der Waals surface area contributed by atoms with Crippen molar-refractivity contribution in [2.75, 3.05) is 13.1 Å². The third-order valence-corrected chi connectivity index (χ3v) is 4.88. The minimum atomic E-state index is -4.77. The lowest BCUT2D eigenvalue weighted by Crippen LogP contribution is -2.45. The van der Waals surface area contributed by atoms with Gasteiger partial charge in [-0.25, -0.2) is 0 Å². The van der Waals surface area contributed by atoms with Crippen molar-refractivity contribution in [2.45, 2.75) is 36.9 Å². The number of hydrogen-bond donors (Lipinski definition) is 1. The minimum Gasteiger partial charge on any atom is -0.353 e. The molecule has 1 aliphatic heterocycles. The Kier molecular flexibility index (Phi) is 7.24. The maximum Gasteiger partial charge on any atom is 0.418 e. The molecule has 2 aromatic carbocycles. The molecule has 3 rings (SSSR count). The van der Waals surface area contributed by atoms with Gasteiger partial charge in [0.25, 0.3) is 0 Å². The lowest BCUT2D eigenvalue weighted by Gasteiger charge is -2.42. The van der Waals surface area contributed by atoms with Crippen LogP contribution in [0.15, 0.2) is 54.6 Å². The zero-order chi connectivity index (χ0) is 20.4. The molecule has 1 unspecified atom stereocenters. The molecule has 0 bridgehead atoms. The first kappa shape index (κ1) is 23.5. The summed E-state index contributed by atoms with van der Waals surface area (Å²) in [6.45, 7) is 0.511. The third-order valence-electron chi connectivity index (χ3n) is 4.88. The van der Waals surface area contributed by atoms with Crippen molar-refractivity contribution in [3.05, 3.63) is 71.3 Å². The van der Waals surface area contributed by atoms with E-state index in [9.17, 15) is 26.3 Å². The van der Waals surface area contributed by atoms with E-state index in [1.807, 2.05) is 0 Å². The smallest absolute Gasteiger partial charge is 0.353 e. The van der Waals surface area contributed by atoms with Gasteiger partial charge in [0.2, 0.25) is 0 Å². The minimum absolute atomic E-state index is 0. The number of halogens is 7. The van der Waals surface area contributed by atoms with Gasteiger partial charge in [0.05, 0.1) is 11.2 Å². The van der Waals surface area contributed by atoms with Gasteiger partial charge in [0.1, 0.15) is 0 Å². The summed E-state index contributed by atoms with van der Waals surface area (Å²) >= 11 is 0. The van der Waals surface area contributed by atoms with Gasteiger partial charge < -0.3 is 10.1 Å². The van der Waals surface area contributed by atoms with Gasteiger partial charge in [-0.2, -0.15) is 26.3 Å². The molecule has 0 radical (unpaired) electrons. The first-order valence-corrected chi connectivity index (χ1v) is 8.80. The maximum atomic E-state index is 13.8. The van der Waals surface area contributed by atoms with E-state index in [1.165, 1.54) is 42.5 Å². The van der Waals surface area contributed by atoms with Gasteiger partial charge in [-0.3, -0.25) is 0 Å². The number of rotatable bonds is 4. The standard InChI is InChI=1S/C20H19F6NO.ClH/c21-19(22,23)16-9-5-4-8-15(16)18(10-12-27-13-11-18)28-17(20(24,25)26)14-6-2-1-3-7-14;/h1-9,17,27H,10-13H2;1H. The van der Waals surface area contributed by atoms with Crippen LogP contribution in [0.3, 0.4) is 0 Å². The van der Waals surface area contributed by atoms with Gasteiger partial charge in [-0.15, -0.1) is 12.4 Å². The topological polar surface area (TPSA) is 21.3 Å². The van der Waals surface area contributed by atoms with Gasteiger partial charge in [0, 0.05) is 0 Å². The van der Waals surface area contributed by atoms with Crippen LogP contribution in [0, 0.1) is 0 Å². The van der Waals surface area contributed by atoms with Crippen molar-refractivity contribution in [2.24, 2.45) is 0 Å². The monoisotopic (exact) mass is 439 g/mol. The van der Waals surface area contributed by atoms with E-state index in [0.29, 0.717) is 0 Å². The van der Waals surface area contributed by atoms with Gasteiger partial charge in [-0.1, -0.05) is 48.5 Å². The molecule has 9 heteroatoms. The molecular formula is C20H20ClF6NO. The molecule has 0 spiro atoms. The van der Waals surface area contributed by atoms with Crippen molar-refractivity contribution in [3.8, 4) is 0 Å². The van der Waals surface area contributed by atoms with Crippen molar-refractivity contribution >= 4 is 12.4 Å². The number of benzene rings is 2. The molecular weight excluding hydrogens is 420 g/mol. The van der Waals surface area contributed by atoms with Crippen molar-refractivity contribution in [1.82, 2.24) is 5.32 Å². The second kappa shape index (κ2) is 8.93. The summed E-state index contributed by atoms with van der Waals surface area (Å²) < 4.78 is 87.8. The molecule has 0 aliphatic carbocycles. The van der Waals surface area contributed by atoms with Crippen LogP contribution in [0.4, 0.5) is 26.3 Å². The molecule has 29 heavy (non-hydrogen) atoms. The highest BCUT2D eigenvalue weighted by atomic mass is 35.5. The predicted octanol–water partition coefficient (Wildman–Crippen LogP) is 6.03. The molecule has 160 valence electrons. The fraction of sp³-hybridized carbons (Fsp3) is 0.400. The Bertz CT molecular complexity index is 788. The largest absolute Gasteiger partial charge is 0.418 e. The molecule has 0 amide bonds. The fourth-order valence-corrected chi connectivity index (χ4v) is 3.59. The average molecular weight is 440 g/mol. The van der Waals surface area contributed by atoms with Crippen LogP contribution in [0.2, 0.25) is 0 Å². The molecule has 1 fully saturated rings. The van der Waals surface area contributed by atoms with Crippen molar-refractivity contribution in [1.29, 1.82) is 0 Å². The van der Waals surface area contributed by atoms with Crippen LogP contribution in [0.5, 0.6) is 0 Å². The summed E-state index contributed by atoms with van der Waals surface area (Å²) in [5.74, 6) is 0. The molecule has 0 saturated carbocycles. The van der Waals surface area contributed by atoms with E-state index in [-0.39, 0.29) is 49.5 Å². The third kappa shape index (κ3) is 5.24. The number of nitrogens with one attached hydrogen (secondary N) is 1. The predicted molar refractivity (Wildman–Crippen MR) is 98.8 cm³/mol. The molecule has 1 aliphatic rings. The highest BCUT2D eigenvalue weighted by molar-refractivity contribution is 5.85. The number of ether oxygens (including phenoxy) is 1. The van der Waals surface area contributed by atoms with Crippen LogP contribution < -0.4 is 5.32 Å². The van der Waals surface area contributed by atoms with Gasteiger partial charge in [-0.05, 0) is 43.1 Å². The quantitative estimate of drug-likeness (QED) is 0.588. The Morgan fingerprint density at radius 1 is 0.828 bits per heavy atom. The summed E-state index contributed by atoms with van der Waals surface area (Å²) in [6, 6.07) is 11.7. The summed E-state index contributed by atoms with van der Waals surface area (Å²) in [7, 11) is 0. The molecule has 0 aromatic heterocycles. The van der Waals surface area contributed by atoms with E-state index in [2.05, 4.69) is 5.32 Å². The normalized spacial score (nSPS) is 18.0. The van der Waals surface area contributed by atoms with E-state index in [4.69, 9.17) is 4.74 Å². The highest BCUT2D eigenvalue weighted by Gasteiger charge is 2.50. The number of piperidine rings is 1. The van der Waals surface area contributed by atoms with Gasteiger partial charge >= 0.3 is 12.4 Å². The zero-order valence-electron chi connectivity index (χ0n) is 15.2. The van der Waals surface area contributed by atoms with E-state index >= 15 is 0 Å². The lowest BCUT2D eigenvalue weighted by atomic mass is 9.81. The first-order valence-electron chi connectivity index (χ1n) is 8.80. The second-order valence-corrected chi connectivity index (χ2v) is 6.74. The SMILES string of the molecule is Cl.FC(F)(F)c1ccccc1C1(OC(c2ccccc2)C(F)(F)F)CCNCC1. The first-order chi connectivity index (χ1) is 13.1. The molecule has 2 nitrogen and oxygen atoms in total. The Balaban J connectivity index is 0.00000300. The van der Waals surface area contributed by atoms with Crippen LogP contribution in [0.1, 0.15) is 35.6 Å². The molecule has 1 N–H and O–H groups in total. The van der Waals surface area contributed by atoms with Crippen LogP contribution in [-0.2, 0) is 16.5 Å².